The van der Waals surface area contributed by atoms with Gasteiger partial charge in [0.05, 0.1) is 0 Å². The van der Waals surface area contributed by atoms with Crippen molar-refractivity contribution in [3.63, 3.8) is 0 Å². The summed E-state index contributed by atoms with van der Waals surface area (Å²) in [5.41, 5.74) is 0. The Hall–Kier alpha value is -0.460. The number of hydrogen-bond donors (Lipinski definition) is 0. The van der Waals surface area contributed by atoms with Crippen molar-refractivity contribution in [3.05, 3.63) is 12.3 Å². The molecule has 1 nitrogen and oxygen atoms in total. The molecule has 0 aromatic heterocycles. The fourth-order valence-electron chi connectivity index (χ4n) is 1.11. The molecule has 72 valence electrons. The topological polar surface area (TPSA) is 3.24 Å². The van der Waals surface area contributed by atoms with E-state index in [1.807, 2.05) is 0 Å². The predicted molar refractivity (Wildman–Crippen MR) is 56.1 cm³/mol. The van der Waals surface area contributed by atoms with Gasteiger partial charge in [-0.1, -0.05) is 26.8 Å². The summed E-state index contributed by atoms with van der Waals surface area (Å²) in [5.74, 6) is 0.779. The van der Waals surface area contributed by atoms with Crippen LogP contribution in [0.25, 0.3) is 0 Å². The summed E-state index contributed by atoms with van der Waals surface area (Å²) in [6.07, 6.45) is 6.95. The Morgan fingerprint density at radius 3 is 2.33 bits per heavy atom. The quantitative estimate of drug-likeness (QED) is 0.590. The summed E-state index contributed by atoms with van der Waals surface area (Å²) in [5, 5.41) is 0. The molecule has 0 radical (unpaired) electrons. The Kier molecular flexibility index (Phi) is 6.93. The first-order valence-corrected chi connectivity index (χ1v) is 5.11. The second-order valence-corrected chi connectivity index (χ2v) is 3.64. The van der Waals surface area contributed by atoms with Gasteiger partial charge in [-0.2, -0.15) is 0 Å². The molecule has 0 saturated heterocycles. The largest absolute Gasteiger partial charge is 0.378 e. The Morgan fingerprint density at radius 1 is 1.25 bits per heavy atom. The van der Waals surface area contributed by atoms with E-state index in [1.165, 1.54) is 19.4 Å². The van der Waals surface area contributed by atoms with Crippen molar-refractivity contribution in [2.75, 3.05) is 13.1 Å². The van der Waals surface area contributed by atoms with Crippen molar-refractivity contribution in [1.82, 2.24) is 4.90 Å². The zero-order valence-electron chi connectivity index (χ0n) is 9.01. The molecule has 12 heavy (non-hydrogen) atoms. The van der Waals surface area contributed by atoms with Crippen LogP contribution in [0.5, 0.6) is 0 Å². The monoisotopic (exact) mass is 169 g/mol. The summed E-state index contributed by atoms with van der Waals surface area (Å²) in [6, 6.07) is 0. The molecule has 0 amide bonds. The lowest BCUT2D eigenvalue weighted by Crippen LogP contribution is -2.17. The smallest absolute Gasteiger partial charge is 0.0169 e. The molecule has 0 aliphatic rings. The van der Waals surface area contributed by atoms with Gasteiger partial charge in [0.2, 0.25) is 0 Å². The van der Waals surface area contributed by atoms with E-state index >= 15 is 0 Å². The number of allylic oxidation sites excluding steroid dienone is 1. The average molecular weight is 169 g/mol. The fourth-order valence-corrected chi connectivity index (χ4v) is 1.11. The second kappa shape index (κ2) is 7.20. The molecule has 0 aromatic carbocycles. The molecule has 0 aliphatic heterocycles. The zero-order chi connectivity index (χ0) is 9.40. The van der Waals surface area contributed by atoms with Crippen LogP contribution in [0.1, 0.15) is 40.5 Å². The average Bonchev–Trinajstić information content (AvgIpc) is 2.02. The summed E-state index contributed by atoms with van der Waals surface area (Å²) in [6.45, 7) is 11.2. The summed E-state index contributed by atoms with van der Waals surface area (Å²) >= 11 is 0. The van der Waals surface area contributed by atoms with Crippen molar-refractivity contribution in [2.45, 2.75) is 40.5 Å². The molecular weight excluding hydrogens is 146 g/mol. The van der Waals surface area contributed by atoms with Crippen LogP contribution in [0.2, 0.25) is 0 Å². The molecule has 0 unspecified atom stereocenters. The zero-order valence-corrected chi connectivity index (χ0v) is 9.01. The molecule has 0 aliphatic carbocycles. The molecule has 0 atom stereocenters. The van der Waals surface area contributed by atoms with Gasteiger partial charge in [0, 0.05) is 13.1 Å². The maximum atomic E-state index is 2.36. The van der Waals surface area contributed by atoms with E-state index in [2.05, 4.69) is 44.9 Å². The minimum atomic E-state index is 0.779. The first-order valence-electron chi connectivity index (χ1n) is 5.11. The van der Waals surface area contributed by atoms with E-state index in [9.17, 15) is 0 Å². The molecule has 0 aromatic rings. The van der Waals surface area contributed by atoms with Gasteiger partial charge in [-0.25, -0.2) is 0 Å². The minimum absolute atomic E-state index is 0.779. The third kappa shape index (κ3) is 6.26. The third-order valence-electron chi connectivity index (χ3n) is 1.84. The predicted octanol–water partition coefficient (Wildman–Crippen LogP) is 3.28. The van der Waals surface area contributed by atoms with Crippen LogP contribution >= 0.6 is 0 Å². The Balaban J connectivity index is 3.60. The lowest BCUT2D eigenvalue weighted by Gasteiger charge is -2.16. The minimum Gasteiger partial charge on any atom is -0.378 e. The van der Waals surface area contributed by atoms with Gasteiger partial charge in [-0.15, -0.1) is 0 Å². The van der Waals surface area contributed by atoms with Crippen LogP contribution in [0.3, 0.4) is 0 Å². The fraction of sp³-hybridized carbons (Fsp3) is 0.818. The number of nitrogens with zero attached hydrogens (tertiary/aromatic N) is 1. The number of rotatable bonds is 6. The highest BCUT2D eigenvalue weighted by Crippen LogP contribution is 2.01. The van der Waals surface area contributed by atoms with Crippen molar-refractivity contribution in [3.8, 4) is 0 Å². The van der Waals surface area contributed by atoms with E-state index in [4.69, 9.17) is 0 Å². The Bertz CT molecular complexity index is 116. The highest BCUT2D eigenvalue weighted by molar-refractivity contribution is 4.82. The van der Waals surface area contributed by atoms with Gasteiger partial charge < -0.3 is 4.90 Å². The molecule has 1 heteroatoms. The highest BCUT2D eigenvalue weighted by Gasteiger charge is 1.92. The standard InChI is InChI=1S/C11H23N/c1-5-9-12(6-2)10-7-8-11(3)4/h7,10-11H,5-6,8-9H2,1-4H3/b10-7+. The van der Waals surface area contributed by atoms with Gasteiger partial charge in [-0.05, 0) is 31.9 Å². The van der Waals surface area contributed by atoms with E-state index in [-0.39, 0.29) is 0 Å². The molecule has 0 rings (SSSR count). The van der Waals surface area contributed by atoms with Crippen LogP contribution in [0, 0.1) is 5.92 Å². The van der Waals surface area contributed by atoms with Crippen LogP contribution in [0.15, 0.2) is 12.3 Å². The summed E-state index contributed by atoms with van der Waals surface area (Å²) < 4.78 is 0. The van der Waals surface area contributed by atoms with Crippen molar-refractivity contribution in [1.29, 1.82) is 0 Å². The maximum absolute atomic E-state index is 2.36. The van der Waals surface area contributed by atoms with Gasteiger partial charge in [-0.3, -0.25) is 0 Å². The number of hydrogen-bond acceptors (Lipinski definition) is 1. The van der Waals surface area contributed by atoms with Crippen molar-refractivity contribution >= 4 is 0 Å². The normalized spacial score (nSPS) is 11.4. The molecule has 0 saturated carbocycles. The van der Waals surface area contributed by atoms with Gasteiger partial charge in [0.25, 0.3) is 0 Å². The first-order chi connectivity index (χ1) is 5.70. The second-order valence-electron chi connectivity index (χ2n) is 3.64. The van der Waals surface area contributed by atoms with Gasteiger partial charge in [0.1, 0.15) is 0 Å². The SMILES string of the molecule is CCCN(/C=C/CC(C)C)CC. The van der Waals surface area contributed by atoms with E-state index < -0.39 is 0 Å². The van der Waals surface area contributed by atoms with E-state index in [1.54, 1.807) is 0 Å². The van der Waals surface area contributed by atoms with E-state index in [0.29, 0.717) is 0 Å². The first kappa shape index (κ1) is 11.5. The molecule has 0 bridgehead atoms. The highest BCUT2D eigenvalue weighted by atomic mass is 15.1. The van der Waals surface area contributed by atoms with Gasteiger partial charge >= 0.3 is 0 Å². The van der Waals surface area contributed by atoms with E-state index in [0.717, 1.165) is 12.5 Å². The molecule has 0 N–H and O–H groups in total. The molecular formula is C11H23N. The summed E-state index contributed by atoms with van der Waals surface area (Å²) in [4.78, 5) is 2.36. The maximum Gasteiger partial charge on any atom is 0.0169 e. The van der Waals surface area contributed by atoms with Crippen LogP contribution < -0.4 is 0 Å². The third-order valence-corrected chi connectivity index (χ3v) is 1.84. The lowest BCUT2D eigenvalue weighted by atomic mass is 10.1. The van der Waals surface area contributed by atoms with Crippen LogP contribution in [-0.4, -0.2) is 18.0 Å². The van der Waals surface area contributed by atoms with Crippen molar-refractivity contribution in [2.24, 2.45) is 5.92 Å². The van der Waals surface area contributed by atoms with Gasteiger partial charge in [0.15, 0.2) is 0 Å². The summed E-state index contributed by atoms with van der Waals surface area (Å²) in [7, 11) is 0. The lowest BCUT2D eigenvalue weighted by molar-refractivity contribution is 0.394. The molecule has 0 heterocycles. The molecule has 0 spiro atoms. The van der Waals surface area contributed by atoms with Crippen LogP contribution in [-0.2, 0) is 0 Å². The van der Waals surface area contributed by atoms with Crippen LogP contribution in [0.4, 0.5) is 0 Å². The Labute approximate surface area is 77.5 Å². The molecule has 0 fully saturated rings. The Morgan fingerprint density at radius 2 is 1.92 bits per heavy atom. The van der Waals surface area contributed by atoms with Crippen molar-refractivity contribution < 1.29 is 0 Å².